The minimum atomic E-state index is -1.25. The second kappa shape index (κ2) is 7.38. The first-order chi connectivity index (χ1) is 12.1. The topological polar surface area (TPSA) is 145 Å². The quantitative estimate of drug-likeness (QED) is 0.320. The van der Waals surface area contributed by atoms with E-state index in [0.717, 1.165) is 0 Å². The van der Waals surface area contributed by atoms with E-state index in [4.69, 9.17) is 14.6 Å². The number of benzene rings is 1. The van der Waals surface area contributed by atoms with Crippen molar-refractivity contribution < 1.29 is 33.9 Å². The summed E-state index contributed by atoms with van der Waals surface area (Å²) in [6.45, 7) is 2.83. The van der Waals surface area contributed by atoms with E-state index in [1.165, 1.54) is 38.1 Å². The molecule has 140 valence electrons. The van der Waals surface area contributed by atoms with Crippen molar-refractivity contribution in [1.29, 1.82) is 0 Å². The average molecular weight is 366 g/mol. The van der Waals surface area contributed by atoms with Crippen molar-refractivity contribution in [1.82, 2.24) is 5.32 Å². The number of ether oxygens (including phenoxy) is 2. The van der Waals surface area contributed by atoms with Gasteiger partial charge in [0, 0.05) is 12.1 Å². The third-order valence-electron chi connectivity index (χ3n) is 4.01. The summed E-state index contributed by atoms with van der Waals surface area (Å²) in [7, 11) is 0. The van der Waals surface area contributed by atoms with Gasteiger partial charge in [0.25, 0.3) is 5.69 Å². The number of nitro benzene ring substituents is 1. The van der Waals surface area contributed by atoms with Crippen molar-refractivity contribution in [3.05, 3.63) is 39.9 Å². The summed E-state index contributed by atoms with van der Waals surface area (Å²) in [5, 5.41) is 21.9. The van der Waals surface area contributed by atoms with Gasteiger partial charge >= 0.3 is 12.1 Å². The molecule has 1 aromatic carbocycles. The maximum atomic E-state index is 11.9. The number of nitrogens with zero attached hydrogens (tertiary/aromatic N) is 1. The first kappa shape index (κ1) is 19.2. The van der Waals surface area contributed by atoms with E-state index < -0.39 is 40.5 Å². The van der Waals surface area contributed by atoms with Crippen LogP contribution in [0.15, 0.2) is 24.3 Å². The van der Waals surface area contributed by atoms with Crippen LogP contribution in [0.2, 0.25) is 0 Å². The van der Waals surface area contributed by atoms with E-state index in [1.54, 1.807) is 0 Å². The lowest BCUT2D eigenvalue weighted by Gasteiger charge is -2.44. The molecule has 1 fully saturated rings. The van der Waals surface area contributed by atoms with Crippen LogP contribution in [0.5, 0.6) is 0 Å². The number of amides is 1. The normalized spacial score (nSPS) is 19.1. The predicted molar refractivity (Wildman–Crippen MR) is 86.1 cm³/mol. The highest BCUT2D eigenvalue weighted by Crippen LogP contribution is 2.32. The molecule has 0 bridgehead atoms. The lowest BCUT2D eigenvalue weighted by Crippen LogP contribution is -2.66. The van der Waals surface area contributed by atoms with E-state index in [-0.39, 0.29) is 18.7 Å². The third-order valence-corrected chi connectivity index (χ3v) is 4.01. The maximum Gasteiger partial charge on any atom is 0.509 e. The molecule has 26 heavy (non-hydrogen) atoms. The van der Waals surface area contributed by atoms with Crippen LogP contribution in [-0.4, -0.2) is 39.7 Å². The molecule has 0 aliphatic carbocycles. The summed E-state index contributed by atoms with van der Waals surface area (Å²) in [6.07, 6.45) is -1.30. The van der Waals surface area contributed by atoms with Gasteiger partial charge in [0.2, 0.25) is 5.91 Å². The number of carbonyl (C=O) groups excluding carboxylic acids is 2. The van der Waals surface area contributed by atoms with Crippen molar-refractivity contribution in [2.45, 2.75) is 38.5 Å². The molecule has 1 aliphatic rings. The number of nitrogens with one attached hydrogen (secondary N) is 1. The maximum absolute atomic E-state index is 11.9. The van der Waals surface area contributed by atoms with Gasteiger partial charge in [0.1, 0.15) is 12.2 Å². The number of carboxylic acids is 1. The molecule has 1 unspecified atom stereocenters. The number of non-ortho nitro benzene ring substituents is 1. The van der Waals surface area contributed by atoms with Crippen LogP contribution in [0.25, 0.3) is 0 Å². The van der Waals surface area contributed by atoms with Gasteiger partial charge < -0.3 is 19.9 Å². The molecule has 1 saturated heterocycles. The van der Waals surface area contributed by atoms with Gasteiger partial charge in [-0.3, -0.25) is 19.7 Å². The van der Waals surface area contributed by atoms with Gasteiger partial charge in [-0.25, -0.2) is 4.79 Å². The van der Waals surface area contributed by atoms with E-state index in [0.29, 0.717) is 5.56 Å². The Morgan fingerprint density at radius 3 is 2.42 bits per heavy atom. The van der Waals surface area contributed by atoms with Gasteiger partial charge in [-0.05, 0) is 31.5 Å². The van der Waals surface area contributed by atoms with Crippen LogP contribution in [0.4, 0.5) is 10.5 Å². The predicted octanol–water partition coefficient (Wildman–Crippen LogP) is 1.62. The lowest BCUT2D eigenvalue weighted by atomic mass is 9.76. The summed E-state index contributed by atoms with van der Waals surface area (Å²) in [4.78, 5) is 44.5. The fraction of sp³-hybridized carbons (Fsp3) is 0.438. The number of rotatable bonds is 7. The molecular formula is C16H18N2O8. The Morgan fingerprint density at radius 1 is 1.31 bits per heavy atom. The first-order valence-corrected chi connectivity index (χ1v) is 7.71. The van der Waals surface area contributed by atoms with E-state index in [2.05, 4.69) is 5.32 Å². The zero-order valence-corrected chi connectivity index (χ0v) is 14.1. The lowest BCUT2D eigenvalue weighted by molar-refractivity contribution is -0.384. The van der Waals surface area contributed by atoms with Gasteiger partial charge in [0.05, 0.1) is 23.3 Å². The Kier molecular flexibility index (Phi) is 5.44. The molecule has 0 spiro atoms. The monoisotopic (exact) mass is 366 g/mol. The minimum absolute atomic E-state index is 0.0853. The minimum Gasteiger partial charge on any atom is -0.481 e. The molecule has 0 saturated carbocycles. The largest absolute Gasteiger partial charge is 0.509 e. The van der Waals surface area contributed by atoms with E-state index in [9.17, 15) is 24.5 Å². The molecule has 1 aromatic rings. The zero-order chi connectivity index (χ0) is 19.5. The summed E-state index contributed by atoms with van der Waals surface area (Å²) in [5.74, 6) is -2.27. The van der Waals surface area contributed by atoms with E-state index >= 15 is 0 Å². The Labute approximate surface area is 148 Å². The van der Waals surface area contributed by atoms with Crippen LogP contribution in [0.1, 0.15) is 25.8 Å². The molecule has 1 amide bonds. The summed E-state index contributed by atoms with van der Waals surface area (Å²) >= 11 is 0. The smallest absolute Gasteiger partial charge is 0.481 e. The van der Waals surface area contributed by atoms with Crippen molar-refractivity contribution in [3.63, 3.8) is 0 Å². The molecule has 10 heteroatoms. The average Bonchev–Trinajstić information content (AvgIpc) is 2.51. The molecule has 0 aromatic heterocycles. The molecule has 10 nitrogen and oxygen atoms in total. The van der Waals surface area contributed by atoms with Gasteiger partial charge in [0.15, 0.2) is 0 Å². The summed E-state index contributed by atoms with van der Waals surface area (Å²) in [6, 6.07) is 4.82. The Morgan fingerprint density at radius 2 is 1.92 bits per heavy atom. The van der Waals surface area contributed by atoms with Crippen molar-refractivity contribution >= 4 is 23.7 Å². The van der Waals surface area contributed by atoms with Gasteiger partial charge in [-0.2, -0.15) is 0 Å². The van der Waals surface area contributed by atoms with Crippen molar-refractivity contribution in [2.24, 2.45) is 5.92 Å². The number of hydrogen-bond donors (Lipinski definition) is 2. The van der Waals surface area contributed by atoms with Gasteiger partial charge in [-0.15, -0.1) is 0 Å². The Hall–Kier alpha value is -3.17. The zero-order valence-electron chi connectivity index (χ0n) is 14.1. The summed E-state index contributed by atoms with van der Waals surface area (Å²) < 4.78 is 10.1. The van der Waals surface area contributed by atoms with Crippen molar-refractivity contribution in [3.8, 4) is 0 Å². The molecule has 2 rings (SSSR count). The summed E-state index contributed by atoms with van der Waals surface area (Å²) in [5.41, 5.74) is -0.817. The van der Waals surface area contributed by atoms with E-state index in [1.807, 2.05) is 0 Å². The standard InChI is InChI=1S/C16H18N2O8/c1-16(2,13-11(7-12(19)20)17-14(13)21)26-15(22)25-8-9-3-5-10(6-4-9)18(23)24/h3-6,11,13H,7-8H2,1-2H3,(H,17,21)(H,19,20)/t11?,13-/m1/s1. The van der Waals surface area contributed by atoms with Crippen LogP contribution in [0.3, 0.4) is 0 Å². The van der Waals surface area contributed by atoms with Crippen LogP contribution in [0, 0.1) is 16.0 Å². The third kappa shape index (κ3) is 4.47. The second-order valence-electron chi connectivity index (χ2n) is 6.36. The highest BCUT2D eigenvalue weighted by molar-refractivity contribution is 5.89. The fourth-order valence-corrected chi connectivity index (χ4v) is 2.76. The molecule has 0 radical (unpaired) electrons. The molecule has 2 atom stereocenters. The highest BCUT2D eigenvalue weighted by atomic mass is 16.7. The number of hydrogen-bond acceptors (Lipinski definition) is 7. The number of aliphatic carboxylic acids is 1. The first-order valence-electron chi connectivity index (χ1n) is 7.71. The number of carboxylic acid groups (broad SMARTS) is 1. The van der Waals surface area contributed by atoms with Gasteiger partial charge in [-0.1, -0.05) is 0 Å². The molecular weight excluding hydrogens is 348 g/mol. The SMILES string of the molecule is CC(C)(OC(=O)OCc1ccc([N+](=O)[O-])cc1)[C@H]1C(=O)NC1CC(=O)O. The number of carbonyl (C=O) groups is 3. The fourth-order valence-electron chi connectivity index (χ4n) is 2.76. The number of β-lactam (4-membered cyclic amide) rings is 1. The molecule has 1 aliphatic heterocycles. The molecule has 2 N–H and O–H groups in total. The second-order valence-corrected chi connectivity index (χ2v) is 6.36. The molecule has 1 heterocycles. The van der Waals surface area contributed by atoms with Crippen LogP contribution in [-0.2, 0) is 25.7 Å². The highest BCUT2D eigenvalue weighted by Gasteiger charge is 2.52. The van der Waals surface area contributed by atoms with Crippen LogP contribution >= 0.6 is 0 Å². The number of nitro groups is 1. The Bertz CT molecular complexity index is 728. The Balaban J connectivity index is 1.90. The van der Waals surface area contributed by atoms with Crippen molar-refractivity contribution in [2.75, 3.05) is 0 Å². The van der Waals surface area contributed by atoms with Crippen LogP contribution < -0.4 is 5.32 Å².